The van der Waals surface area contributed by atoms with Crippen LogP contribution >= 0.6 is 34.8 Å². The minimum Gasteiger partial charge on any atom is -0.435 e. The average molecular weight is 498 g/mol. The first-order valence-corrected chi connectivity index (χ1v) is 10.3. The van der Waals surface area contributed by atoms with Crippen molar-refractivity contribution in [2.24, 2.45) is 0 Å². The van der Waals surface area contributed by atoms with Crippen molar-refractivity contribution in [3.05, 3.63) is 63.1 Å². The van der Waals surface area contributed by atoms with Gasteiger partial charge in [-0.25, -0.2) is 4.79 Å². The Morgan fingerprint density at radius 1 is 1.13 bits per heavy atom. The quantitative estimate of drug-likeness (QED) is 0.534. The molecule has 168 valence electrons. The van der Waals surface area contributed by atoms with Crippen molar-refractivity contribution < 1.29 is 27.4 Å². The molecule has 1 fully saturated rings. The average Bonchev–Trinajstić information content (AvgIpc) is 2.68. The van der Waals surface area contributed by atoms with E-state index in [-0.39, 0.29) is 25.4 Å². The number of carbonyl (C=O) groups is 1. The van der Waals surface area contributed by atoms with Crippen molar-refractivity contribution >= 4 is 46.6 Å². The van der Waals surface area contributed by atoms with Crippen LogP contribution in [0.25, 0.3) is 0 Å². The van der Waals surface area contributed by atoms with E-state index in [9.17, 15) is 18.0 Å². The number of hydrogen-bond donors (Lipinski definition) is 1. The van der Waals surface area contributed by atoms with E-state index in [0.29, 0.717) is 20.6 Å². The lowest BCUT2D eigenvalue weighted by molar-refractivity contribution is -0.209. The Morgan fingerprint density at radius 3 is 2.39 bits per heavy atom. The molecule has 1 heterocycles. The first kappa shape index (κ1) is 23.9. The van der Waals surface area contributed by atoms with Crippen LogP contribution in [0.15, 0.2) is 42.5 Å². The van der Waals surface area contributed by atoms with Crippen LogP contribution in [-0.4, -0.2) is 49.5 Å². The van der Waals surface area contributed by atoms with Gasteiger partial charge in [0.15, 0.2) is 0 Å². The van der Waals surface area contributed by atoms with Gasteiger partial charge in [0.2, 0.25) is 6.10 Å². The Morgan fingerprint density at radius 2 is 1.77 bits per heavy atom. The molecular weight excluding hydrogens is 480 g/mol. The fourth-order valence-electron chi connectivity index (χ4n) is 3.08. The summed E-state index contributed by atoms with van der Waals surface area (Å²) < 4.78 is 51.0. The Bertz CT molecular complexity index is 893. The molecule has 0 spiro atoms. The fraction of sp³-hybridized carbons (Fsp3) is 0.350. The number of rotatable bonds is 5. The third-order valence-corrected chi connectivity index (χ3v) is 5.22. The van der Waals surface area contributed by atoms with Crippen LogP contribution in [0.5, 0.6) is 0 Å². The number of morpholine rings is 1. The number of nitrogens with zero attached hydrogens (tertiary/aromatic N) is 1. The maximum atomic E-state index is 13.5. The first-order chi connectivity index (χ1) is 14.6. The molecule has 31 heavy (non-hydrogen) atoms. The lowest BCUT2D eigenvalue weighted by Gasteiger charge is -2.35. The standard InChI is InChI=1S/C20H18Cl3F3N2O3/c21-13-1-3-16(4-2-13)27-19(29)31-18(20(24,25)26)11-28-5-6-30-17(10-28)12-7-14(22)9-15(23)8-12/h1-4,7-9,17-18H,5-6,10-11H2,(H,27,29)/t17-,18-/m0/s1. The van der Waals surface area contributed by atoms with Crippen molar-refractivity contribution in [3.8, 4) is 0 Å². The number of amides is 1. The summed E-state index contributed by atoms with van der Waals surface area (Å²) in [7, 11) is 0. The largest absolute Gasteiger partial charge is 0.435 e. The number of alkyl halides is 3. The van der Waals surface area contributed by atoms with Gasteiger partial charge in [-0.1, -0.05) is 34.8 Å². The number of hydrogen-bond acceptors (Lipinski definition) is 4. The number of ether oxygens (including phenoxy) is 2. The molecule has 1 aliphatic rings. The Kier molecular flexibility index (Phi) is 7.93. The molecular formula is C20H18Cl3F3N2O3. The van der Waals surface area contributed by atoms with Crippen LogP contribution in [0.3, 0.4) is 0 Å². The van der Waals surface area contributed by atoms with Gasteiger partial charge in [0.05, 0.1) is 12.7 Å². The third-order valence-electron chi connectivity index (χ3n) is 4.54. The molecule has 1 amide bonds. The zero-order valence-electron chi connectivity index (χ0n) is 16.0. The van der Waals surface area contributed by atoms with E-state index in [2.05, 4.69) is 5.32 Å². The number of nitrogens with one attached hydrogen (secondary N) is 1. The molecule has 0 unspecified atom stereocenters. The van der Waals surface area contributed by atoms with Crippen LogP contribution in [0.4, 0.5) is 23.7 Å². The molecule has 5 nitrogen and oxygen atoms in total. The number of anilines is 1. The third kappa shape index (κ3) is 7.15. The summed E-state index contributed by atoms with van der Waals surface area (Å²) in [5, 5.41) is 3.49. The zero-order valence-corrected chi connectivity index (χ0v) is 18.2. The molecule has 1 saturated heterocycles. The normalized spacial score (nSPS) is 18.5. The van der Waals surface area contributed by atoms with Crippen molar-refractivity contribution in [1.82, 2.24) is 4.90 Å². The summed E-state index contributed by atoms with van der Waals surface area (Å²) in [6, 6.07) is 10.8. The van der Waals surface area contributed by atoms with E-state index in [1.807, 2.05) is 0 Å². The monoisotopic (exact) mass is 496 g/mol. The molecule has 1 aliphatic heterocycles. The summed E-state index contributed by atoms with van der Waals surface area (Å²) in [5.74, 6) is 0. The van der Waals surface area contributed by atoms with Crippen LogP contribution in [-0.2, 0) is 9.47 Å². The van der Waals surface area contributed by atoms with E-state index < -0.39 is 31.0 Å². The molecule has 11 heteroatoms. The van der Waals surface area contributed by atoms with Gasteiger partial charge in [0.25, 0.3) is 0 Å². The predicted octanol–water partition coefficient (Wildman–Crippen LogP) is 6.20. The Labute approximate surface area is 192 Å². The summed E-state index contributed by atoms with van der Waals surface area (Å²) in [6.45, 7) is 0.0764. The summed E-state index contributed by atoms with van der Waals surface area (Å²) in [4.78, 5) is 13.5. The second kappa shape index (κ2) is 10.3. The minimum atomic E-state index is -4.75. The van der Waals surface area contributed by atoms with Gasteiger partial charge in [-0.05, 0) is 48.0 Å². The predicted molar refractivity (Wildman–Crippen MR) is 113 cm³/mol. The van der Waals surface area contributed by atoms with Gasteiger partial charge in [-0.2, -0.15) is 13.2 Å². The maximum absolute atomic E-state index is 13.5. The van der Waals surface area contributed by atoms with Crippen LogP contribution in [0, 0.1) is 0 Å². The van der Waals surface area contributed by atoms with Crippen LogP contribution in [0.1, 0.15) is 11.7 Å². The molecule has 1 N–H and O–H groups in total. The Balaban J connectivity index is 1.64. The van der Waals surface area contributed by atoms with Crippen molar-refractivity contribution in [2.45, 2.75) is 18.4 Å². The lowest BCUT2D eigenvalue weighted by Crippen LogP contribution is -2.48. The second-order valence-electron chi connectivity index (χ2n) is 6.89. The zero-order chi connectivity index (χ0) is 22.6. The van der Waals surface area contributed by atoms with Gasteiger partial charge in [-0.3, -0.25) is 10.2 Å². The highest BCUT2D eigenvalue weighted by atomic mass is 35.5. The number of carbonyl (C=O) groups excluding carboxylic acids is 1. The van der Waals surface area contributed by atoms with Crippen molar-refractivity contribution in [2.75, 3.05) is 31.6 Å². The summed E-state index contributed by atoms with van der Waals surface area (Å²) in [5.41, 5.74) is 0.923. The molecule has 2 atom stereocenters. The molecule has 0 aliphatic carbocycles. The first-order valence-electron chi connectivity index (χ1n) is 9.20. The minimum absolute atomic E-state index is 0.158. The SMILES string of the molecule is O=C(Nc1ccc(Cl)cc1)O[C@@H](CN1CCO[C@H](c2cc(Cl)cc(Cl)c2)C1)C(F)(F)F. The summed E-state index contributed by atoms with van der Waals surface area (Å²) in [6.07, 6.45) is -8.79. The highest BCUT2D eigenvalue weighted by Crippen LogP contribution is 2.30. The molecule has 0 saturated carbocycles. The fourth-order valence-corrected chi connectivity index (χ4v) is 3.75. The maximum Gasteiger partial charge on any atom is 0.426 e. The highest BCUT2D eigenvalue weighted by molar-refractivity contribution is 6.34. The van der Waals surface area contributed by atoms with Gasteiger partial charge >= 0.3 is 12.3 Å². The summed E-state index contributed by atoms with van der Waals surface area (Å²) >= 11 is 17.8. The van der Waals surface area contributed by atoms with E-state index in [4.69, 9.17) is 44.3 Å². The van der Waals surface area contributed by atoms with Crippen molar-refractivity contribution in [1.29, 1.82) is 0 Å². The Hall–Kier alpha value is -1.71. The van der Waals surface area contributed by atoms with Gasteiger partial charge < -0.3 is 9.47 Å². The van der Waals surface area contributed by atoms with E-state index >= 15 is 0 Å². The molecule has 0 bridgehead atoms. The van der Waals surface area contributed by atoms with Crippen LogP contribution < -0.4 is 5.32 Å². The molecule has 0 aromatic heterocycles. The lowest BCUT2D eigenvalue weighted by atomic mass is 10.1. The molecule has 3 rings (SSSR count). The number of benzene rings is 2. The molecule has 0 radical (unpaired) electrons. The number of halogens is 6. The molecule has 2 aromatic carbocycles. The molecule has 2 aromatic rings. The van der Waals surface area contributed by atoms with Crippen molar-refractivity contribution in [3.63, 3.8) is 0 Å². The van der Waals surface area contributed by atoms with E-state index in [1.165, 1.54) is 29.2 Å². The van der Waals surface area contributed by atoms with Gasteiger partial charge in [-0.15, -0.1) is 0 Å². The highest BCUT2D eigenvalue weighted by Gasteiger charge is 2.44. The van der Waals surface area contributed by atoms with Gasteiger partial charge in [0.1, 0.15) is 0 Å². The second-order valence-corrected chi connectivity index (χ2v) is 8.20. The van der Waals surface area contributed by atoms with E-state index in [0.717, 1.165) is 0 Å². The van der Waals surface area contributed by atoms with Gasteiger partial charge in [0, 0.05) is 40.4 Å². The van der Waals surface area contributed by atoms with Crippen LogP contribution in [0.2, 0.25) is 15.1 Å². The topological polar surface area (TPSA) is 50.8 Å². The smallest absolute Gasteiger partial charge is 0.426 e. The van der Waals surface area contributed by atoms with E-state index in [1.54, 1.807) is 18.2 Å².